The summed E-state index contributed by atoms with van der Waals surface area (Å²) in [4.78, 5) is 25.0. The van der Waals surface area contributed by atoms with Crippen molar-refractivity contribution in [2.24, 2.45) is 30.2 Å². The summed E-state index contributed by atoms with van der Waals surface area (Å²) >= 11 is 0. The van der Waals surface area contributed by atoms with Crippen molar-refractivity contribution < 1.29 is 4.79 Å². The number of amides is 1. The predicted molar refractivity (Wildman–Crippen MR) is 105 cm³/mol. The summed E-state index contributed by atoms with van der Waals surface area (Å²) in [5, 5.41) is 3.10. The average Bonchev–Trinajstić information content (AvgIpc) is 2.86. The van der Waals surface area contributed by atoms with Gasteiger partial charge in [0.2, 0.25) is 5.91 Å². The summed E-state index contributed by atoms with van der Waals surface area (Å²) in [5.41, 5.74) is 2.04. The molecule has 0 spiro atoms. The molecule has 2 aromatic rings. The number of benzene rings is 1. The molecule has 1 heterocycles. The number of aryl methyl sites for hydroxylation is 1. The molecule has 5 nitrogen and oxygen atoms in total. The first-order valence-corrected chi connectivity index (χ1v) is 10.4. The van der Waals surface area contributed by atoms with Crippen LogP contribution in [0.1, 0.15) is 44.9 Å². The second kappa shape index (κ2) is 6.25. The van der Waals surface area contributed by atoms with Crippen LogP contribution in [0.25, 0.3) is 11.0 Å². The highest BCUT2D eigenvalue weighted by atomic mass is 16.2. The molecule has 0 atom stereocenters. The lowest BCUT2D eigenvalue weighted by Crippen LogP contribution is -2.47. The number of rotatable bonds is 5. The molecule has 1 aromatic carbocycles. The Morgan fingerprint density at radius 1 is 1.07 bits per heavy atom. The maximum absolute atomic E-state index is 12.5. The SMILES string of the molecule is Cn1c(=O)n(CC(=O)NCCC23CC4CC(CC(C4)C2)C3)c2ccccc21. The minimum Gasteiger partial charge on any atom is -0.355 e. The van der Waals surface area contributed by atoms with E-state index in [-0.39, 0.29) is 18.1 Å². The molecule has 1 aromatic heterocycles. The van der Waals surface area contributed by atoms with Crippen molar-refractivity contribution in [3.05, 3.63) is 34.7 Å². The Morgan fingerprint density at radius 3 is 2.30 bits per heavy atom. The van der Waals surface area contributed by atoms with Crippen LogP contribution < -0.4 is 11.0 Å². The highest BCUT2D eigenvalue weighted by molar-refractivity contribution is 5.80. The zero-order chi connectivity index (χ0) is 18.6. The molecule has 4 aliphatic carbocycles. The predicted octanol–water partition coefficient (Wildman–Crippen LogP) is 3.06. The van der Waals surface area contributed by atoms with Crippen LogP contribution in [0.3, 0.4) is 0 Å². The van der Waals surface area contributed by atoms with E-state index in [0.717, 1.165) is 41.8 Å². The van der Waals surface area contributed by atoms with E-state index in [0.29, 0.717) is 5.41 Å². The molecule has 1 amide bonds. The monoisotopic (exact) mass is 367 g/mol. The smallest absolute Gasteiger partial charge is 0.329 e. The van der Waals surface area contributed by atoms with Crippen molar-refractivity contribution in [2.75, 3.05) is 6.54 Å². The Morgan fingerprint density at radius 2 is 1.67 bits per heavy atom. The largest absolute Gasteiger partial charge is 0.355 e. The summed E-state index contributed by atoms with van der Waals surface area (Å²) in [6.07, 6.45) is 9.58. The van der Waals surface area contributed by atoms with Crippen molar-refractivity contribution in [1.82, 2.24) is 14.5 Å². The fraction of sp³-hybridized carbons (Fsp3) is 0.636. The third-order valence-corrected chi connectivity index (χ3v) is 7.50. The average molecular weight is 367 g/mol. The third-order valence-electron chi connectivity index (χ3n) is 7.50. The number of carbonyl (C=O) groups excluding carboxylic acids is 1. The molecule has 0 radical (unpaired) electrons. The van der Waals surface area contributed by atoms with Gasteiger partial charge >= 0.3 is 5.69 Å². The van der Waals surface area contributed by atoms with Crippen molar-refractivity contribution in [3.63, 3.8) is 0 Å². The van der Waals surface area contributed by atoms with Crippen LogP contribution in [-0.2, 0) is 18.4 Å². The third kappa shape index (κ3) is 2.91. The van der Waals surface area contributed by atoms with E-state index >= 15 is 0 Å². The van der Waals surface area contributed by atoms with Gasteiger partial charge in [0.15, 0.2) is 0 Å². The van der Waals surface area contributed by atoms with Crippen molar-refractivity contribution in [1.29, 1.82) is 0 Å². The van der Waals surface area contributed by atoms with E-state index in [4.69, 9.17) is 0 Å². The first-order valence-electron chi connectivity index (χ1n) is 10.4. The molecule has 144 valence electrons. The maximum atomic E-state index is 12.5. The number of nitrogens with zero attached hydrogens (tertiary/aromatic N) is 2. The summed E-state index contributed by atoms with van der Waals surface area (Å²) in [7, 11) is 1.76. The molecule has 0 aliphatic heterocycles. The minimum absolute atomic E-state index is 0.0572. The van der Waals surface area contributed by atoms with E-state index in [1.807, 2.05) is 24.3 Å². The van der Waals surface area contributed by atoms with E-state index < -0.39 is 0 Å². The Kier molecular flexibility index (Phi) is 3.95. The van der Waals surface area contributed by atoms with Gasteiger partial charge in [0.1, 0.15) is 6.54 Å². The molecule has 1 N–H and O–H groups in total. The van der Waals surface area contributed by atoms with Crippen LogP contribution in [0, 0.1) is 23.2 Å². The number of aromatic nitrogens is 2. The fourth-order valence-corrected chi connectivity index (χ4v) is 6.78. The van der Waals surface area contributed by atoms with Gasteiger partial charge < -0.3 is 5.32 Å². The van der Waals surface area contributed by atoms with Crippen LogP contribution in [0.5, 0.6) is 0 Å². The van der Waals surface area contributed by atoms with Gasteiger partial charge in [-0.1, -0.05) is 12.1 Å². The highest BCUT2D eigenvalue weighted by Crippen LogP contribution is 2.61. The van der Waals surface area contributed by atoms with Gasteiger partial charge in [-0.2, -0.15) is 0 Å². The number of hydrogen-bond donors (Lipinski definition) is 1. The maximum Gasteiger partial charge on any atom is 0.329 e. The Hall–Kier alpha value is -2.04. The van der Waals surface area contributed by atoms with Crippen molar-refractivity contribution in [3.8, 4) is 0 Å². The van der Waals surface area contributed by atoms with Gasteiger partial charge in [-0.25, -0.2) is 4.79 Å². The molecule has 27 heavy (non-hydrogen) atoms. The van der Waals surface area contributed by atoms with Gasteiger partial charge in [0, 0.05) is 13.6 Å². The molecule has 5 heteroatoms. The molecule has 4 fully saturated rings. The fourth-order valence-electron chi connectivity index (χ4n) is 6.78. The van der Waals surface area contributed by atoms with Crippen LogP contribution in [0.15, 0.2) is 29.1 Å². The standard InChI is InChI=1S/C22H29N3O2/c1-24-18-4-2-3-5-19(18)25(21(24)27)14-20(26)23-7-6-22-11-15-8-16(12-22)10-17(9-15)13-22/h2-5,15-17H,6-14H2,1H3,(H,23,26). The number of fused-ring (bicyclic) bond motifs is 1. The van der Waals surface area contributed by atoms with Gasteiger partial charge in [0.05, 0.1) is 11.0 Å². The molecule has 0 unspecified atom stereocenters. The van der Waals surface area contributed by atoms with E-state index in [2.05, 4.69) is 5.32 Å². The van der Waals surface area contributed by atoms with E-state index in [9.17, 15) is 9.59 Å². The quantitative estimate of drug-likeness (QED) is 0.883. The molecule has 0 saturated heterocycles. The Balaban J connectivity index is 1.23. The Labute approximate surface area is 159 Å². The number of carbonyl (C=O) groups is 1. The molecular formula is C22H29N3O2. The zero-order valence-corrected chi connectivity index (χ0v) is 16.1. The van der Waals surface area contributed by atoms with Crippen LogP contribution >= 0.6 is 0 Å². The molecule has 6 rings (SSSR count). The van der Waals surface area contributed by atoms with Gasteiger partial charge in [-0.3, -0.25) is 13.9 Å². The molecule has 4 aliphatic rings. The minimum atomic E-state index is -0.132. The lowest BCUT2D eigenvalue weighted by molar-refractivity contribution is -0.122. The Bertz CT molecular complexity index is 903. The van der Waals surface area contributed by atoms with Gasteiger partial charge in [-0.15, -0.1) is 0 Å². The summed E-state index contributed by atoms with van der Waals surface area (Å²) in [6, 6.07) is 7.64. The molecular weight excluding hydrogens is 338 g/mol. The topological polar surface area (TPSA) is 56.0 Å². The normalized spacial score (nSPS) is 31.5. The van der Waals surface area contributed by atoms with E-state index in [1.54, 1.807) is 16.2 Å². The highest BCUT2D eigenvalue weighted by Gasteiger charge is 2.50. The second-order valence-corrected chi connectivity index (χ2v) is 9.43. The van der Waals surface area contributed by atoms with Crippen LogP contribution in [0.2, 0.25) is 0 Å². The van der Waals surface area contributed by atoms with Crippen molar-refractivity contribution in [2.45, 2.75) is 51.5 Å². The van der Waals surface area contributed by atoms with Crippen LogP contribution in [0.4, 0.5) is 0 Å². The molecule has 4 bridgehead atoms. The molecule has 4 saturated carbocycles. The lowest BCUT2D eigenvalue weighted by atomic mass is 9.49. The van der Waals surface area contributed by atoms with Crippen molar-refractivity contribution >= 4 is 16.9 Å². The summed E-state index contributed by atoms with van der Waals surface area (Å²) in [6.45, 7) is 0.839. The summed E-state index contributed by atoms with van der Waals surface area (Å²) in [5.74, 6) is 2.78. The summed E-state index contributed by atoms with van der Waals surface area (Å²) < 4.78 is 3.19. The number of imidazole rings is 1. The van der Waals surface area contributed by atoms with Gasteiger partial charge in [-0.05, 0) is 80.2 Å². The number of hydrogen-bond acceptors (Lipinski definition) is 2. The lowest BCUT2D eigenvalue weighted by Gasteiger charge is -2.57. The van der Waals surface area contributed by atoms with Gasteiger partial charge in [0.25, 0.3) is 0 Å². The second-order valence-electron chi connectivity index (χ2n) is 9.43. The number of nitrogens with one attached hydrogen (secondary N) is 1. The first-order chi connectivity index (χ1) is 13.0. The first kappa shape index (κ1) is 17.1. The van der Waals surface area contributed by atoms with Crippen LogP contribution in [-0.4, -0.2) is 21.6 Å². The van der Waals surface area contributed by atoms with E-state index in [1.165, 1.54) is 38.5 Å². The number of para-hydroxylation sites is 2. The zero-order valence-electron chi connectivity index (χ0n) is 16.1.